The van der Waals surface area contributed by atoms with Crippen LogP contribution in [0.2, 0.25) is 0 Å². The highest BCUT2D eigenvalue weighted by Gasteiger charge is 2.39. The topological polar surface area (TPSA) is 94.4 Å². The van der Waals surface area contributed by atoms with Crippen molar-refractivity contribution in [3.05, 3.63) is 36.5 Å². The molecule has 2 heterocycles. The lowest BCUT2D eigenvalue weighted by Gasteiger charge is -2.19. The summed E-state index contributed by atoms with van der Waals surface area (Å²) >= 11 is 0. The van der Waals surface area contributed by atoms with Crippen molar-refractivity contribution in [1.82, 2.24) is 14.1 Å². The molecule has 8 heteroatoms. The van der Waals surface area contributed by atoms with Crippen molar-refractivity contribution in [1.29, 1.82) is 0 Å². The van der Waals surface area contributed by atoms with E-state index in [2.05, 4.69) is 5.10 Å². The molecule has 21 heavy (non-hydrogen) atoms. The van der Waals surface area contributed by atoms with Crippen LogP contribution in [0.15, 0.2) is 40.1 Å². The van der Waals surface area contributed by atoms with E-state index < -0.39 is 10.0 Å². The maximum absolute atomic E-state index is 12.8. The highest BCUT2D eigenvalue weighted by Crippen LogP contribution is 2.33. The first-order valence-corrected chi connectivity index (χ1v) is 8.32. The zero-order chi connectivity index (χ0) is 14.9. The first-order valence-electron chi connectivity index (χ1n) is 6.88. The minimum Gasteiger partial charge on any atom is -0.468 e. The smallest absolute Gasteiger partial charge is 0.246 e. The molecule has 3 rings (SSSR count). The molecule has 7 nitrogen and oxygen atoms in total. The Labute approximate surface area is 123 Å². The molecular formula is C13H18N4O3S. The van der Waals surface area contributed by atoms with E-state index in [1.807, 2.05) is 0 Å². The molecule has 0 saturated heterocycles. The summed E-state index contributed by atoms with van der Waals surface area (Å²) in [6.07, 6.45) is 6.22. The predicted octanol–water partition coefficient (Wildman–Crippen LogP) is 0.788. The second-order valence-electron chi connectivity index (χ2n) is 5.09. The summed E-state index contributed by atoms with van der Waals surface area (Å²) in [5.74, 6) is 0.639. The van der Waals surface area contributed by atoms with Gasteiger partial charge in [-0.3, -0.25) is 4.68 Å². The Morgan fingerprint density at radius 2 is 2.29 bits per heavy atom. The van der Waals surface area contributed by atoms with Crippen LogP contribution in [-0.2, 0) is 23.1 Å². The number of nitrogens with zero attached hydrogens (tertiary/aromatic N) is 3. The zero-order valence-corrected chi connectivity index (χ0v) is 12.4. The van der Waals surface area contributed by atoms with Gasteiger partial charge in [0.1, 0.15) is 10.7 Å². The number of nitrogens with two attached hydrogens (primary N) is 1. The SMILES string of the molecule is NCCn1cc(S(=O)(=O)N(Cc2ccco2)C2CC2)cn1. The molecule has 0 aliphatic heterocycles. The average Bonchev–Trinajstić information content (AvgIpc) is 2.96. The predicted molar refractivity (Wildman–Crippen MR) is 75.7 cm³/mol. The van der Waals surface area contributed by atoms with Crippen LogP contribution >= 0.6 is 0 Å². The normalized spacial score (nSPS) is 15.7. The number of hydrogen-bond acceptors (Lipinski definition) is 5. The Morgan fingerprint density at radius 1 is 1.48 bits per heavy atom. The summed E-state index contributed by atoms with van der Waals surface area (Å²) in [5.41, 5.74) is 5.45. The molecule has 0 aromatic carbocycles. The van der Waals surface area contributed by atoms with E-state index in [-0.39, 0.29) is 17.5 Å². The molecule has 0 radical (unpaired) electrons. The van der Waals surface area contributed by atoms with E-state index in [1.165, 1.54) is 16.7 Å². The molecule has 2 N–H and O–H groups in total. The van der Waals surface area contributed by atoms with Crippen molar-refractivity contribution in [3.63, 3.8) is 0 Å². The standard InChI is InChI=1S/C13H18N4O3S/c14-5-6-16-10-13(8-15-16)21(18,19)17(11-3-4-11)9-12-2-1-7-20-12/h1-2,7-8,10-11H,3-6,9,14H2. The van der Waals surface area contributed by atoms with Crippen molar-refractivity contribution in [2.45, 2.75) is 36.9 Å². The van der Waals surface area contributed by atoms with Gasteiger partial charge >= 0.3 is 0 Å². The Hall–Kier alpha value is -1.64. The van der Waals surface area contributed by atoms with Gasteiger partial charge in [0.15, 0.2) is 0 Å². The molecule has 1 saturated carbocycles. The van der Waals surface area contributed by atoms with E-state index >= 15 is 0 Å². The van der Waals surface area contributed by atoms with Crippen LogP contribution in [0, 0.1) is 0 Å². The van der Waals surface area contributed by atoms with Crippen molar-refractivity contribution in [2.75, 3.05) is 6.54 Å². The van der Waals surface area contributed by atoms with Crippen LogP contribution in [0.5, 0.6) is 0 Å². The molecule has 0 unspecified atom stereocenters. The van der Waals surface area contributed by atoms with Crippen LogP contribution in [0.3, 0.4) is 0 Å². The monoisotopic (exact) mass is 310 g/mol. The molecule has 0 amide bonds. The summed E-state index contributed by atoms with van der Waals surface area (Å²) in [6, 6.07) is 3.59. The van der Waals surface area contributed by atoms with Gasteiger partial charge in [-0.25, -0.2) is 8.42 Å². The van der Waals surface area contributed by atoms with Crippen LogP contribution in [0.1, 0.15) is 18.6 Å². The molecular weight excluding hydrogens is 292 g/mol. The third-order valence-electron chi connectivity index (χ3n) is 3.42. The van der Waals surface area contributed by atoms with Crippen LogP contribution < -0.4 is 5.73 Å². The number of aromatic nitrogens is 2. The number of sulfonamides is 1. The summed E-state index contributed by atoms with van der Waals surface area (Å²) in [6.45, 7) is 1.17. The van der Waals surface area contributed by atoms with E-state index in [0.29, 0.717) is 18.8 Å². The lowest BCUT2D eigenvalue weighted by Crippen LogP contribution is -2.32. The third-order valence-corrected chi connectivity index (χ3v) is 5.27. The minimum atomic E-state index is -3.56. The maximum atomic E-state index is 12.8. The van der Waals surface area contributed by atoms with Crippen molar-refractivity contribution in [2.24, 2.45) is 5.73 Å². The van der Waals surface area contributed by atoms with E-state index in [1.54, 1.807) is 23.1 Å². The quantitative estimate of drug-likeness (QED) is 0.816. The molecule has 114 valence electrons. The minimum absolute atomic E-state index is 0.0537. The fourth-order valence-corrected chi connectivity index (χ4v) is 3.80. The van der Waals surface area contributed by atoms with Gasteiger partial charge in [0, 0.05) is 18.8 Å². The van der Waals surface area contributed by atoms with E-state index in [0.717, 1.165) is 12.8 Å². The Kier molecular flexibility index (Phi) is 3.83. The highest BCUT2D eigenvalue weighted by atomic mass is 32.2. The summed E-state index contributed by atoms with van der Waals surface area (Å²) in [4.78, 5) is 0.203. The summed E-state index contributed by atoms with van der Waals surface area (Å²) in [7, 11) is -3.56. The fraction of sp³-hybridized carbons (Fsp3) is 0.462. The van der Waals surface area contributed by atoms with Gasteiger partial charge in [0.05, 0.1) is 25.5 Å². The molecule has 1 aliphatic rings. The Bertz CT molecular complexity index is 689. The van der Waals surface area contributed by atoms with Crippen molar-refractivity contribution >= 4 is 10.0 Å². The van der Waals surface area contributed by atoms with Gasteiger partial charge in [0.25, 0.3) is 0 Å². The Morgan fingerprint density at radius 3 is 2.90 bits per heavy atom. The number of hydrogen-bond donors (Lipinski definition) is 1. The van der Waals surface area contributed by atoms with Gasteiger partial charge in [0.2, 0.25) is 10.0 Å². The molecule has 1 fully saturated rings. The molecule has 1 aliphatic carbocycles. The molecule has 0 spiro atoms. The van der Waals surface area contributed by atoms with Gasteiger partial charge < -0.3 is 10.2 Å². The van der Waals surface area contributed by atoms with Crippen molar-refractivity contribution < 1.29 is 12.8 Å². The average molecular weight is 310 g/mol. The second-order valence-corrected chi connectivity index (χ2v) is 6.98. The second kappa shape index (κ2) is 5.63. The van der Waals surface area contributed by atoms with E-state index in [9.17, 15) is 8.42 Å². The Balaban J connectivity index is 1.85. The fourth-order valence-electron chi connectivity index (χ4n) is 2.20. The van der Waals surface area contributed by atoms with Crippen LogP contribution in [0.25, 0.3) is 0 Å². The lowest BCUT2D eigenvalue weighted by molar-refractivity contribution is 0.356. The largest absolute Gasteiger partial charge is 0.468 e. The molecule has 0 bridgehead atoms. The highest BCUT2D eigenvalue weighted by molar-refractivity contribution is 7.89. The zero-order valence-electron chi connectivity index (χ0n) is 11.6. The molecule has 0 atom stereocenters. The van der Waals surface area contributed by atoms with Gasteiger partial charge in [-0.2, -0.15) is 9.40 Å². The lowest BCUT2D eigenvalue weighted by atomic mass is 10.4. The van der Waals surface area contributed by atoms with Gasteiger partial charge in [-0.05, 0) is 25.0 Å². The maximum Gasteiger partial charge on any atom is 0.246 e. The summed E-state index contributed by atoms with van der Waals surface area (Å²) < 4.78 is 33.8. The van der Waals surface area contributed by atoms with Crippen LogP contribution in [-0.4, -0.2) is 35.1 Å². The van der Waals surface area contributed by atoms with Crippen molar-refractivity contribution in [3.8, 4) is 0 Å². The first-order chi connectivity index (χ1) is 10.1. The third kappa shape index (κ3) is 3.02. The number of furan rings is 1. The van der Waals surface area contributed by atoms with Crippen LogP contribution in [0.4, 0.5) is 0 Å². The van der Waals surface area contributed by atoms with E-state index in [4.69, 9.17) is 10.2 Å². The number of rotatable bonds is 7. The summed E-state index contributed by atoms with van der Waals surface area (Å²) in [5, 5.41) is 4.04. The van der Waals surface area contributed by atoms with Gasteiger partial charge in [-0.1, -0.05) is 0 Å². The first kappa shape index (κ1) is 14.3. The molecule has 2 aromatic heterocycles. The van der Waals surface area contributed by atoms with Gasteiger partial charge in [-0.15, -0.1) is 0 Å². The molecule has 2 aromatic rings.